The van der Waals surface area contributed by atoms with Gasteiger partial charge in [0.05, 0.1) is 50.9 Å². The standard InChI is InChI=1S/C81H63F15N6/c1-76(2)37-16-13-17-38(34-37)77(3,4)50-29-24-45(99-50)56(59-63(84)69(90)74(95)70(91)64(59)85)46-25-31-52(100-46)80(9,10)41-20-15-21-42(36-41)81(11,12)54-33-27-48(102-54)57(60-65(86)71(92)75(96)72(93)66(60)87)47-26-32-53(101-47)79(7,8)40-19-14-18-39(35-40)78(5,6)51-30-23-44(98-51)55(43-22-28-49(76)97-43)58-61(82)67(88)73(94)68(89)62(58)83/h13-36,97,99,101H,1-12H3/b55-44+,56-46+,57-48+. The molecule has 3 aromatic heterocycles. The van der Waals surface area contributed by atoms with E-state index in [1.54, 1.807) is 133 Å². The van der Waals surface area contributed by atoms with E-state index in [-0.39, 0.29) is 51.3 Å². The first-order chi connectivity index (χ1) is 47.8. The van der Waals surface area contributed by atoms with E-state index < -0.39 is 153 Å². The molecule has 0 spiro atoms. The van der Waals surface area contributed by atoms with Gasteiger partial charge in [-0.15, -0.1) is 0 Å². The zero-order chi connectivity index (χ0) is 73.7. The smallest absolute Gasteiger partial charge is 0.200 e. The molecule has 6 aromatic carbocycles. The Morgan fingerprint density at radius 1 is 0.235 bits per heavy atom. The highest BCUT2D eigenvalue weighted by molar-refractivity contribution is 6.10. The summed E-state index contributed by atoms with van der Waals surface area (Å²) in [6, 6.07) is 30.5. The Kier molecular flexibility index (Phi) is 16.7. The number of hydrogen-bond donors (Lipinski definition) is 3. The molecule has 9 aromatic rings. The van der Waals surface area contributed by atoms with E-state index in [4.69, 9.17) is 15.0 Å². The molecule has 0 saturated carbocycles. The number of fused-ring (bicyclic) bond motifs is 15. The van der Waals surface area contributed by atoms with Gasteiger partial charge in [-0.3, -0.25) is 15.0 Å². The molecular formula is C81H63F15N6. The predicted molar refractivity (Wildman–Crippen MR) is 364 cm³/mol. The molecule has 4 aliphatic heterocycles. The van der Waals surface area contributed by atoms with Gasteiger partial charge in [0.1, 0.15) is 0 Å². The molecule has 6 nitrogen and oxygen atoms in total. The minimum Gasteiger partial charge on any atom is -0.358 e. The molecular weight excluding hydrogens is 1340 g/mol. The molecule has 522 valence electrons. The van der Waals surface area contributed by atoms with Crippen molar-refractivity contribution in [1.82, 2.24) is 15.0 Å². The first-order valence-corrected chi connectivity index (χ1v) is 32.4. The van der Waals surface area contributed by atoms with Crippen LogP contribution in [0.2, 0.25) is 0 Å². The number of aromatic amines is 3. The van der Waals surface area contributed by atoms with Gasteiger partial charge in [-0.05, 0) is 106 Å². The summed E-state index contributed by atoms with van der Waals surface area (Å²) in [7, 11) is 0. The molecule has 13 rings (SSSR count). The van der Waals surface area contributed by atoms with Crippen molar-refractivity contribution in [3.8, 4) is 0 Å². The van der Waals surface area contributed by atoms with Crippen molar-refractivity contribution in [2.75, 3.05) is 0 Å². The van der Waals surface area contributed by atoms with Gasteiger partial charge in [-0.1, -0.05) is 156 Å². The topological polar surface area (TPSA) is 84.5 Å². The minimum atomic E-state index is -2.38. The lowest BCUT2D eigenvalue weighted by atomic mass is 9.75. The maximum Gasteiger partial charge on any atom is 0.200 e. The molecule has 0 amide bonds. The maximum atomic E-state index is 16.4. The van der Waals surface area contributed by atoms with Gasteiger partial charge in [0, 0.05) is 83.4 Å². The van der Waals surface area contributed by atoms with Crippen molar-refractivity contribution in [2.24, 2.45) is 15.0 Å². The molecule has 0 saturated heterocycles. The number of hydrogen-bond acceptors (Lipinski definition) is 3. The highest BCUT2D eigenvalue weighted by atomic mass is 19.2. The fourth-order valence-electron chi connectivity index (χ4n) is 13.7. The minimum absolute atomic E-state index is 0.0968. The molecule has 3 N–H and O–H groups in total. The number of aromatic nitrogens is 3. The largest absolute Gasteiger partial charge is 0.358 e. The van der Waals surface area contributed by atoms with Crippen molar-refractivity contribution in [3.05, 3.63) is 334 Å². The number of halogens is 15. The van der Waals surface area contributed by atoms with E-state index >= 15 is 52.7 Å². The molecule has 102 heavy (non-hydrogen) atoms. The molecule has 0 unspecified atom stereocenters. The van der Waals surface area contributed by atoms with Crippen LogP contribution in [0.3, 0.4) is 0 Å². The summed E-state index contributed by atoms with van der Waals surface area (Å²) in [5.74, 6) is -33.2. The van der Waals surface area contributed by atoms with E-state index in [0.29, 0.717) is 50.5 Å². The quantitative estimate of drug-likeness (QED) is 0.0895. The maximum absolute atomic E-state index is 16.4. The van der Waals surface area contributed by atoms with Crippen molar-refractivity contribution < 1.29 is 65.9 Å². The summed E-state index contributed by atoms with van der Waals surface area (Å²) in [6.45, 7) is 21.7. The lowest BCUT2D eigenvalue weighted by molar-refractivity contribution is 0.376. The van der Waals surface area contributed by atoms with Gasteiger partial charge in [0.2, 0.25) is 17.5 Å². The van der Waals surface area contributed by atoms with Crippen LogP contribution in [0.5, 0.6) is 0 Å². The van der Waals surface area contributed by atoms with Crippen LogP contribution >= 0.6 is 0 Å². The van der Waals surface area contributed by atoms with Gasteiger partial charge in [-0.25, -0.2) is 65.9 Å². The van der Waals surface area contributed by atoms with Crippen LogP contribution in [-0.4, -0.2) is 32.1 Å². The van der Waals surface area contributed by atoms with Crippen LogP contribution in [0.15, 0.2) is 178 Å². The third-order valence-electron chi connectivity index (χ3n) is 20.8. The highest BCUT2D eigenvalue weighted by Crippen LogP contribution is 2.47. The molecule has 0 aliphatic carbocycles. The van der Waals surface area contributed by atoms with Crippen LogP contribution < -0.4 is 0 Å². The molecule has 21 heteroatoms. The van der Waals surface area contributed by atoms with Crippen LogP contribution in [0, 0.1) is 87.3 Å². The number of H-pyrrole nitrogens is 3. The summed E-state index contributed by atoms with van der Waals surface area (Å²) >= 11 is 0. The van der Waals surface area contributed by atoms with E-state index in [9.17, 15) is 13.2 Å². The third kappa shape index (κ3) is 10.9. The SMILES string of the molecule is CC1(C)C2=N/C(=C(/c3c(F)c(F)c(F)c(F)c3F)c3ccc([nH]3)C(C)(C)c3cccc(c3)C(C)(C)C3=N/C(=C(/c4c(F)c(F)c(F)c(F)c4F)c4ccc([nH]4)C(C)(C)c4cccc(c4)C(C)(C)c4ccc([nH]4)/C(c4c(F)c(F)c(F)c(F)c4F)=C4/C=CC(=N4)C(C)(C)c4cccc1c4)C=C3)C=C2. The average Bonchev–Trinajstić information content (AvgIpc) is 1.73. The monoisotopic (exact) mass is 1400 g/mol. The van der Waals surface area contributed by atoms with Crippen molar-refractivity contribution >= 4 is 33.9 Å². The van der Waals surface area contributed by atoms with Crippen molar-refractivity contribution in [1.29, 1.82) is 0 Å². The first-order valence-electron chi connectivity index (χ1n) is 32.4. The van der Waals surface area contributed by atoms with Crippen LogP contribution in [0.4, 0.5) is 65.9 Å². The number of allylic oxidation sites excluding steroid dienone is 6. The Morgan fingerprint density at radius 3 is 0.647 bits per heavy atom. The Morgan fingerprint density at radius 2 is 0.431 bits per heavy atom. The Bertz CT molecular complexity index is 5330. The number of nitrogens with one attached hydrogen (secondary N) is 3. The molecule has 4 aliphatic rings. The summed E-state index contributed by atoms with van der Waals surface area (Å²) in [5.41, 5.74) is -6.95. The van der Waals surface area contributed by atoms with E-state index in [1.807, 2.05) is 59.7 Å². The van der Waals surface area contributed by atoms with Crippen LogP contribution in [0.25, 0.3) is 16.7 Å². The summed E-state index contributed by atoms with van der Waals surface area (Å²) in [6.07, 6.45) is 8.79. The normalized spacial score (nSPS) is 20.1. The van der Waals surface area contributed by atoms with Crippen LogP contribution in [0.1, 0.15) is 167 Å². The number of aliphatic imine (C=N–C) groups is 3. The Hall–Kier alpha value is -10.4. The molecule has 0 fully saturated rings. The van der Waals surface area contributed by atoms with Gasteiger partial charge < -0.3 is 15.0 Å². The van der Waals surface area contributed by atoms with Gasteiger partial charge >= 0.3 is 0 Å². The number of benzene rings is 6. The zero-order valence-corrected chi connectivity index (χ0v) is 56.9. The fraction of sp³-hybridized carbons (Fsp3) is 0.222. The zero-order valence-electron chi connectivity index (χ0n) is 56.9. The second-order valence-corrected chi connectivity index (χ2v) is 29.0. The van der Waals surface area contributed by atoms with E-state index in [1.165, 1.54) is 36.4 Å². The van der Waals surface area contributed by atoms with Crippen molar-refractivity contribution in [2.45, 2.75) is 116 Å². The van der Waals surface area contributed by atoms with Gasteiger partial charge in [0.25, 0.3) is 0 Å². The summed E-state index contributed by atoms with van der Waals surface area (Å²) in [4.78, 5) is 24.2. The average molecular weight is 1410 g/mol. The molecule has 7 heterocycles. The molecule has 0 atom stereocenters. The lowest BCUT2D eigenvalue weighted by Gasteiger charge is -2.29. The Labute approximate surface area is 577 Å². The van der Waals surface area contributed by atoms with Crippen molar-refractivity contribution in [3.63, 3.8) is 0 Å². The number of nitrogens with zero attached hydrogens (tertiary/aromatic N) is 3. The lowest BCUT2D eigenvalue weighted by Crippen LogP contribution is -2.30. The fourth-order valence-corrected chi connectivity index (χ4v) is 13.7. The van der Waals surface area contributed by atoms with E-state index in [0.717, 1.165) is 0 Å². The predicted octanol–water partition coefficient (Wildman–Crippen LogP) is 21.3. The molecule has 18 bridgehead atoms. The second kappa shape index (κ2) is 24.4. The van der Waals surface area contributed by atoms with Crippen LogP contribution in [-0.2, 0) is 32.5 Å². The second-order valence-electron chi connectivity index (χ2n) is 29.0. The Balaban J connectivity index is 1.02. The summed E-state index contributed by atoms with van der Waals surface area (Å²) in [5, 5.41) is 0. The van der Waals surface area contributed by atoms with Gasteiger partial charge in [-0.2, -0.15) is 0 Å². The third-order valence-corrected chi connectivity index (χ3v) is 20.8. The first kappa shape index (κ1) is 70.0. The van der Waals surface area contributed by atoms with E-state index in [2.05, 4.69) is 15.0 Å². The van der Waals surface area contributed by atoms with Gasteiger partial charge in [0.15, 0.2) is 69.8 Å². The highest BCUT2D eigenvalue weighted by Gasteiger charge is 2.41. The molecule has 0 radical (unpaired) electrons. The summed E-state index contributed by atoms with van der Waals surface area (Å²) < 4.78 is 236. The number of rotatable bonds is 3.